The number of benzene rings is 1. The van der Waals surface area contributed by atoms with E-state index in [-0.39, 0.29) is 30.2 Å². The molecule has 0 spiro atoms. The van der Waals surface area contributed by atoms with Gasteiger partial charge in [-0.3, -0.25) is 14.5 Å². The third kappa shape index (κ3) is 5.25. The van der Waals surface area contributed by atoms with Crippen LogP contribution in [0.2, 0.25) is 0 Å². The second-order valence-corrected chi connectivity index (χ2v) is 7.56. The molecule has 0 saturated carbocycles. The van der Waals surface area contributed by atoms with E-state index in [1.165, 1.54) is 18.2 Å². The van der Waals surface area contributed by atoms with E-state index < -0.39 is 23.7 Å². The molecule has 1 aromatic rings. The van der Waals surface area contributed by atoms with Crippen LogP contribution in [-0.4, -0.2) is 53.3 Å². The van der Waals surface area contributed by atoms with Crippen LogP contribution < -0.4 is 5.32 Å². The number of rotatable bonds is 5. The van der Waals surface area contributed by atoms with Crippen molar-refractivity contribution in [2.45, 2.75) is 64.3 Å². The van der Waals surface area contributed by atoms with Crippen molar-refractivity contribution in [3.05, 3.63) is 29.8 Å². The lowest BCUT2D eigenvalue weighted by Gasteiger charge is -2.41. The molecule has 1 fully saturated rings. The minimum absolute atomic E-state index is 0.0642. The highest BCUT2D eigenvalue weighted by Crippen LogP contribution is 2.34. The predicted molar refractivity (Wildman–Crippen MR) is 102 cm³/mol. The topological polar surface area (TPSA) is 52.7 Å². The van der Waals surface area contributed by atoms with Gasteiger partial charge in [0.2, 0.25) is 11.8 Å². The summed E-state index contributed by atoms with van der Waals surface area (Å²) in [5.41, 5.74) is -1.18. The van der Waals surface area contributed by atoms with Gasteiger partial charge in [0.05, 0.1) is 23.8 Å². The fourth-order valence-corrected chi connectivity index (χ4v) is 3.65. The number of anilines is 1. The summed E-state index contributed by atoms with van der Waals surface area (Å²) in [7, 11) is 1.62. The molecule has 1 aromatic carbocycles. The molecule has 0 radical (unpaired) electrons. The molecule has 1 aliphatic rings. The Labute approximate surface area is 163 Å². The zero-order chi connectivity index (χ0) is 21.1. The van der Waals surface area contributed by atoms with Crippen molar-refractivity contribution in [1.29, 1.82) is 0 Å². The fourth-order valence-electron chi connectivity index (χ4n) is 3.65. The van der Waals surface area contributed by atoms with Gasteiger partial charge in [-0.15, -0.1) is 0 Å². The lowest BCUT2D eigenvalue weighted by atomic mass is 9.96. The zero-order valence-electron chi connectivity index (χ0n) is 16.7. The van der Waals surface area contributed by atoms with Gasteiger partial charge in [0.25, 0.3) is 0 Å². The lowest BCUT2D eigenvalue weighted by molar-refractivity contribution is -0.142. The molecule has 1 heterocycles. The number of likely N-dealkylation sites (N-methyl/N-ethyl adjacent to an activating group) is 1. The number of para-hydroxylation sites is 1. The van der Waals surface area contributed by atoms with E-state index in [9.17, 15) is 22.8 Å². The first-order valence-corrected chi connectivity index (χ1v) is 9.50. The van der Waals surface area contributed by atoms with Crippen LogP contribution in [0, 0.1) is 0 Å². The minimum atomic E-state index is -4.56. The molecule has 2 amide bonds. The van der Waals surface area contributed by atoms with Crippen molar-refractivity contribution in [3.8, 4) is 0 Å². The molecule has 8 heteroatoms. The van der Waals surface area contributed by atoms with Gasteiger partial charge in [0, 0.05) is 12.1 Å². The smallest absolute Gasteiger partial charge is 0.336 e. The summed E-state index contributed by atoms with van der Waals surface area (Å²) in [6, 6.07) is 4.56. The zero-order valence-corrected chi connectivity index (χ0v) is 16.7. The monoisotopic (exact) mass is 399 g/mol. The minimum Gasteiger partial charge on any atom is -0.336 e. The summed E-state index contributed by atoms with van der Waals surface area (Å²) in [6.07, 6.45) is -1.58. The van der Waals surface area contributed by atoms with Gasteiger partial charge in [0.15, 0.2) is 0 Å². The van der Waals surface area contributed by atoms with E-state index in [0.717, 1.165) is 25.3 Å². The maximum Gasteiger partial charge on any atom is 0.418 e. The van der Waals surface area contributed by atoms with Crippen molar-refractivity contribution in [2.75, 3.05) is 18.9 Å². The Morgan fingerprint density at radius 1 is 1.21 bits per heavy atom. The first kappa shape index (κ1) is 22.2. The van der Waals surface area contributed by atoms with Gasteiger partial charge >= 0.3 is 6.18 Å². The third-order valence-electron chi connectivity index (χ3n) is 5.37. The Hall–Kier alpha value is -2.09. The molecule has 156 valence electrons. The normalized spacial score (nSPS) is 21.5. The van der Waals surface area contributed by atoms with E-state index in [0.29, 0.717) is 0 Å². The van der Waals surface area contributed by atoms with E-state index in [1.54, 1.807) is 18.9 Å². The van der Waals surface area contributed by atoms with E-state index in [1.807, 2.05) is 18.7 Å². The molecule has 1 saturated heterocycles. The number of nitrogens with zero attached hydrogens (tertiary/aromatic N) is 2. The standard InChI is InChI=1S/C20H28F3N3O2/c1-13-8-7-9-14(2)26(13)19(28)15(3)25(4)12-18(27)24-17-11-6-5-10-16(17)20(21,22)23/h5-6,10-11,13-15H,7-9,12H2,1-4H3,(H,24,27)/t13-,14-,15-/m1/s1. The number of halogens is 3. The quantitative estimate of drug-likeness (QED) is 0.820. The second-order valence-electron chi connectivity index (χ2n) is 7.56. The third-order valence-corrected chi connectivity index (χ3v) is 5.37. The average Bonchev–Trinajstić information content (AvgIpc) is 2.60. The molecular formula is C20H28F3N3O2. The summed E-state index contributed by atoms with van der Waals surface area (Å²) in [5.74, 6) is -0.663. The number of hydrogen-bond acceptors (Lipinski definition) is 3. The van der Waals surface area contributed by atoms with E-state index in [2.05, 4.69) is 5.32 Å². The highest BCUT2D eigenvalue weighted by atomic mass is 19.4. The average molecular weight is 399 g/mol. The van der Waals surface area contributed by atoms with Crippen molar-refractivity contribution in [2.24, 2.45) is 0 Å². The summed E-state index contributed by atoms with van der Waals surface area (Å²) in [4.78, 5) is 28.6. The van der Waals surface area contributed by atoms with Gasteiger partial charge in [-0.2, -0.15) is 13.2 Å². The number of amides is 2. The number of hydrogen-bond donors (Lipinski definition) is 1. The van der Waals surface area contributed by atoms with Crippen molar-refractivity contribution < 1.29 is 22.8 Å². The van der Waals surface area contributed by atoms with Crippen LogP contribution in [-0.2, 0) is 15.8 Å². The molecule has 2 rings (SSSR count). The Bertz CT molecular complexity index is 698. The summed E-state index contributed by atoms with van der Waals surface area (Å²) < 4.78 is 39.2. The fraction of sp³-hybridized carbons (Fsp3) is 0.600. The van der Waals surface area contributed by atoms with Crippen molar-refractivity contribution in [3.63, 3.8) is 0 Å². The molecule has 3 atom stereocenters. The number of carbonyl (C=O) groups is 2. The molecule has 0 aromatic heterocycles. The molecule has 0 bridgehead atoms. The second kappa shape index (κ2) is 8.94. The highest BCUT2D eigenvalue weighted by molar-refractivity contribution is 5.93. The molecular weight excluding hydrogens is 371 g/mol. The van der Waals surface area contributed by atoms with Crippen LogP contribution in [0.25, 0.3) is 0 Å². The van der Waals surface area contributed by atoms with Crippen LogP contribution >= 0.6 is 0 Å². The molecule has 1 aliphatic heterocycles. The predicted octanol–water partition coefficient (Wildman–Crippen LogP) is 3.75. The Morgan fingerprint density at radius 3 is 2.36 bits per heavy atom. The summed E-state index contributed by atoms with van der Waals surface area (Å²) in [6.45, 7) is 5.56. The van der Waals surface area contributed by atoms with Gasteiger partial charge in [0.1, 0.15) is 0 Å². The Balaban J connectivity index is 2.01. The number of likely N-dealkylation sites (tertiary alicyclic amines) is 1. The van der Waals surface area contributed by atoms with E-state index in [4.69, 9.17) is 0 Å². The number of piperidine rings is 1. The maximum atomic E-state index is 13.1. The maximum absolute atomic E-state index is 13.1. The number of nitrogens with one attached hydrogen (secondary N) is 1. The summed E-state index contributed by atoms with van der Waals surface area (Å²) in [5, 5.41) is 2.31. The van der Waals surface area contributed by atoms with Crippen LogP contribution in [0.3, 0.4) is 0 Å². The van der Waals surface area contributed by atoms with E-state index >= 15 is 0 Å². The van der Waals surface area contributed by atoms with Crippen LogP contribution in [0.1, 0.15) is 45.6 Å². The van der Waals surface area contributed by atoms with Crippen LogP contribution in [0.15, 0.2) is 24.3 Å². The molecule has 28 heavy (non-hydrogen) atoms. The largest absolute Gasteiger partial charge is 0.418 e. The summed E-state index contributed by atoms with van der Waals surface area (Å²) >= 11 is 0. The van der Waals surface area contributed by atoms with Gasteiger partial charge in [-0.25, -0.2) is 0 Å². The van der Waals surface area contributed by atoms with Gasteiger partial charge in [-0.1, -0.05) is 12.1 Å². The molecule has 0 aliphatic carbocycles. The molecule has 1 N–H and O–H groups in total. The Kier molecular flexibility index (Phi) is 7.09. The first-order valence-electron chi connectivity index (χ1n) is 9.50. The Morgan fingerprint density at radius 2 is 1.79 bits per heavy atom. The number of carbonyl (C=O) groups excluding carboxylic acids is 2. The van der Waals surface area contributed by atoms with Gasteiger partial charge < -0.3 is 10.2 Å². The van der Waals surface area contributed by atoms with Crippen molar-refractivity contribution in [1.82, 2.24) is 9.80 Å². The SMILES string of the molecule is C[C@H](C(=O)N1[C@H](C)CCC[C@H]1C)N(C)CC(=O)Nc1ccccc1C(F)(F)F. The molecule has 5 nitrogen and oxygen atoms in total. The van der Waals surface area contributed by atoms with Crippen molar-refractivity contribution >= 4 is 17.5 Å². The molecule has 0 unspecified atom stereocenters. The lowest BCUT2D eigenvalue weighted by Crippen LogP contribution is -2.54. The van der Waals surface area contributed by atoms with Crippen LogP contribution in [0.5, 0.6) is 0 Å². The van der Waals surface area contributed by atoms with Crippen LogP contribution in [0.4, 0.5) is 18.9 Å². The first-order chi connectivity index (χ1) is 13.0. The van der Waals surface area contributed by atoms with Gasteiger partial charge in [-0.05, 0) is 59.2 Å². The highest BCUT2D eigenvalue weighted by Gasteiger charge is 2.35. The number of alkyl halides is 3.